The van der Waals surface area contributed by atoms with Gasteiger partial charge in [0.25, 0.3) is 0 Å². The van der Waals surface area contributed by atoms with E-state index in [0.29, 0.717) is 25.4 Å². The number of rotatable bonds is 7. The summed E-state index contributed by atoms with van der Waals surface area (Å²) in [4.78, 5) is 28.3. The second-order valence-corrected chi connectivity index (χ2v) is 7.10. The lowest BCUT2D eigenvalue weighted by molar-refractivity contribution is -0.134. The van der Waals surface area contributed by atoms with Crippen LogP contribution in [0.15, 0.2) is 30.3 Å². The molecule has 0 spiro atoms. The lowest BCUT2D eigenvalue weighted by Crippen LogP contribution is -2.52. The first kappa shape index (κ1) is 19.4. The monoisotopic (exact) mass is 346 g/mol. The van der Waals surface area contributed by atoms with Crippen LogP contribution in [0.2, 0.25) is 0 Å². The Hall–Kier alpha value is -1.92. The van der Waals surface area contributed by atoms with E-state index in [1.807, 2.05) is 36.9 Å². The highest BCUT2D eigenvalue weighted by molar-refractivity contribution is 5.87. The van der Waals surface area contributed by atoms with Crippen molar-refractivity contribution in [2.24, 2.45) is 11.7 Å². The maximum absolute atomic E-state index is 12.3. The first-order valence-electron chi connectivity index (χ1n) is 9.03. The molecule has 1 aliphatic rings. The van der Waals surface area contributed by atoms with Crippen molar-refractivity contribution in [3.63, 3.8) is 0 Å². The molecule has 2 rings (SSSR count). The summed E-state index contributed by atoms with van der Waals surface area (Å²) in [6.45, 7) is 8.06. The van der Waals surface area contributed by atoms with E-state index < -0.39 is 6.04 Å². The van der Waals surface area contributed by atoms with Crippen molar-refractivity contribution in [2.75, 3.05) is 32.7 Å². The van der Waals surface area contributed by atoms with Gasteiger partial charge >= 0.3 is 0 Å². The summed E-state index contributed by atoms with van der Waals surface area (Å²) < 4.78 is 0. The molecule has 0 saturated carbocycles. The minimum absolute atomic E-state index is 0.0311. The van der Waals surface area contributed by atoms with Crippen molar-refractivity contribution in [1.29, 1.82) is 0 Å². The Morgan fingerprint density at radius 1 is 1.12 bits per heavy atom. The molecule has 1 aliphatic heterocycles. The van der Waals surface area contributed by atoms with Gasteiger partial charge in [0.1, 0.15) is 0 Å². The van der Waals surface area contributed by atoms with Crippen LogP contribution in [0.4, 0.5) is 0 Å². The molecule has 1 fully saturated rings. The van der Waals surface area contributed by atoms with Crippen molar-refractivity contribution < 1.29 is 9.59 Å². The van der Waals surface area contributed by atoms with Crippen LogP contribution >= 0.6 is 0 Å². The first-order valence-corrected chi connectivity index (χ1v) is 9.03. The number of piperazine rings is 1. The van der Waals surface area contributed by atoms with Crippen molar-refractivity contribution >= 4 is 11.8 Å². The number of nitrogens with one attached hydrogen (secondary N) is 1. The van der Waals surface area contributed by atoms with Crippen molar-refractivity contribution in [3.8, 4) is 0 Å². The number of nitrogens with zero attached hydrogens (tertiary/aromatic N) is 2. The van der Waals surface area contributed by atoms with Gasteiger partial charge in [-0.3, -0.25) is 14.5 Å². The third kappa shape index (κ3) is 6.48. The summed E-state index contributed by atoms with van der Waals surface area (Å²) >= 11 is 0. The van der Waals surface area contributed by atoms with E-state index in [1.54, 1.807) is 0 Å². The molecule has 25 heavy (non-hydrogen) atoms. The summed E-state index contributed by atoms with van der Waals surface area (Å²) in [6.07, 6.45) is 0.623. The molecule has 1 atom stereocenters. The average molecular weight is 346 g/mol. The van der Waals surface area contributed by atoms with E-state index >= 15 is 0 Å². The van der Waals surface area contributed by atoms with Gasteiger partial charge in [-0.1, -0.05) is 44.2 Å². The zero-order valence-electron chi connectivity index (χ0n) is 15.3. The Kier molecular flexibility index (Phi) is 7.40. The van der Waals surface area contributed by atoms with E-state index in [2.05, 4.69) is 22.3 Å². The summed E-state index contributed by atoms with van der Waals surface area (Å²) in [5.74, 6) is 0.0726. The van der Waals surface area contributed by atoms with Gasteiger partial charge in [0.2, 0.25) is 11.8 Å². The predicted octanol–water partition coefficient (Wildman–Crippen LogP) is 0.820. The third-order valence-electron chi connectivity index (χ3n) is 4.45. The van der Waals surface area contributed by atoms with Crippen molar-refractivity contribution in [1.82, 2.24) is 15.1 Å². The van der Waals surface area contributed by atoms with Crippen LogP contribution in [0.5, 0.6) is 0 Å². The molecule has 138 valence electrons. The topological polar surface area (TPSA) is 78.7 Å². The molecule has 6 heteroatoms. The van der Waals surface area contributed by atoms with Gasteiger partial charge < -0.3 is 16.0 Å². The number of benzene rings is 1. The van der Waals surface area contributed by atoms with Crippen LogP contribution < -0.4 is 11.1 Å². The molecule has 0 bridgehead atoms. The summed E-state index contributed by atoms with van der Waals surface area (Å²) in [5, 5.41) is 2.67. The largest absolute Gasteiger partial charge is 0.346 e. The smallest absolute Gasteiger partial charge is 0.242 e. The van der Waals surface area contributed by atoms with Crippen LogP contribution in [0, 0.1) is 5.92 Å². The lowest BCUT2D eigenvalue weighted by Gasteiger charge is -2.34. The molecule has 6 nitrogen and oxygen atoms in total. The Bertz CT molecular complexity index is 554. The highest BCUT2D eigenvalue weighted by atomic mass is 16.2. The molecule has 3 N–H and O–H groups in total. The van der Waals surface area contributed by atoms with Crippen LogP contribution in [0.25, 0.3) is 0 Å². The highest BCUT2D eigenvalue weighted by Crippen LogP contribution is 2.08. The van der Waals surface area contributed by atoms with Crippen LogP contribution in [-0.2, 0) is 16.1 Å². The number of nitrogens with two attached hydrogens (primary N) is 1. The molecule has 0 aromatic heterocycles. The normalized spacial score (nSPS) is 16.7. The quantitative estimate of drug-likeness (QED) is 0.766. The summed E-state index contributed by atoms with van der Waals surface area (Å²) in [6, 6.07) is 9.79. The predicted molar refractivity (Wildman–Crippen MR) is 98.7 cm³/mol. The fourth-order valence-electron chi connectivity index (χ4n) is 3.02. The molecule has 0 radical (unpaired) electrons. The van der Waals surface area contributed by atoms with E-state index in [4.69, 9.17) is 5.73 Å². The Morgan fingerprint density at radius 3 is 2.36 bits per heavy atom. The van der Waals surface area contributed by atoms with E-state index in [1.165, 1.54) is 5.56 Å². The Morgan fingerprint density at radius 2 is 1.76 bits per heavy atom. The molecule has 1 saturated heterocycles. The zero-order valence-corrected chi connectivity index (χ0v) is 15.3. The minimum atomic E-state index is -0.546. The number of amides is 2. The average Bonchev–Trinajstić information content (AvgIpc) is 2.60. The molecule has 1 heterocycles. The summed E-state index contributed by atoms with van der Waals surface area (Å²) in [5.41, 5.74) is 7.12. The Balaban J connectivity index is 1.69. The van der Waals surface area contributed by atoms with Gasteiger partial charge in [-0.25, -0.2) is 0 Å². The molecule has 0 aliphatic carbocycles. The highest BCUT2D eigenvalue weighted by Gasteiger charge is 2.22. The fourth-order valence-corrected chi connectivity index (χ4v) is 3.02. The van der Waals surface area contributed by atoms with Crippen LogP contribution in [0.1, 0.15) is 25.8 Å². The maximum Gasteiger partial charge on any atom is 0.242 e. The number of carbonyl (C=O) groups is 2. The number of carbonyl (C=O) groups excluding carboxylic acids is 2. The molecular formula is C19H30N4O2. The molecule has 0 unspecified atom stereocenters. The van der Waals surface area contributed by atoms with Gasteiger partial charge in [0.05, 0.1) is 12.6 Å². The Labute approximate surface area is 150 Å². The van der Waals surface area contributed by atoms with E-state index in [0.717, 1.165) is 19.6 Å². The van der Waals surface area contributed by atoms with Gasteiger partial charge in [0, 0.05) is 32.7 Å². The molecule has 2 amide bonds. The van der Waals surface area contributed by atoms with E-state index in [-0.39, 0.29) is 18.4 Å². The second-order valence-electron chi connectivity index (χ2n) is 7.10. The van der Waals surface area contributed by atoms with Crippen molar-refractivity contribution in [3.05, 3.63) is 35.9 Å². The van der Waals surface area contributed by atoms with E-state index in [9.17, 15) is 9.59 Å². The zero-order chi connectivity index (χ0) is 18.2. The van der Waals surface area contributed by atoms with Gasteiger partial charge in [-0.05, 0) is 17.9 Å². The standard InChI is InChI=1S/C19H30N4O2/c1-15(2)12-17(20)19(25)21-13-18(24)23-10-8-22(9-11-23)14-16-6-4-3-5-7-16/h3-7,15,17H,8-14,20H2,1-2H3,(H,21,25)/t17-/m0/s1. The molecule has 1 aromatic rings. The van der Waals surface area contributed by atoms with Gasteiger partial charge in [-0.15, -0.1) is 0 Å². The van der Waals surface area contributed by atoms with Crippen LogP contribution in [0.3, 0.4) is 0 Å². The summed E-state index contributed by atoms with van der Waals surface area (Å²) in [7, 11) is 0. The number of hydrogen-bond acceptors (Lipinski definition) is 4. The number of hydrogen-bond donors (Lipinski definition) is 2. The van der Waals surface area contributed by atoms with Crippen LogP contribution in [-0.4, -0.2) is 60.4 Å². The lowest BCUT2D eigenvalue weighted by atomic mass is 10.0. The fraction of sp³-hybridized carbons (Fsp3) is 0.579. The van der Waals surface area contributed by atoms with Gasteiger partial charge in [0.15, 0.2) is 0 Å². The maximum atomic E-state index is 12.3. The van der Waals surface area contributed by atoms with Crippen molar-refractivity contribution in [2.45, 2.75) is 32.9 Å². The molecule has 1 aromatic carbocycles. The third-order valence-corrected chi connectivity index (χ3v) is 4.45. The van der Waals surface area contributed by atoms with Gasteiger partial charge in [-0.2, -0.15) is 0 Å². The second kappa shape index (κ2) is 9.53. The first-order chi connectivity index (χ1) is 12.0. The SMILES string of the molecule is CC(C)C[C@H](N)C(=O)NCC(=O)N1CCN(Cc2ccccc2)CC1. The minimum Gasteiger partial charge on any atom is -0.346 e. The molecular weight excluding hydrogens is 316 g/mol.